The molecule has 0 aliphatic carbocycles. The highest BCUT2D eigenvalue weighted by Crippen LogP contribution is 2.35. The van der Waals surface area contributed by atoms with E-state index < -0.39 is 17.7 Å². The summed E-state index contributed by atoms with van der Waals surface area (Å²) in [5, 5.41) is 3.82. The first-order valence-corrected chi connectivity index (χ1v) is 16.7. The molecule has 3 rings (SSSR count). The van der Waals surface area contributed by atoms with Crippen molar-refractivity contribution in [3.05, 3.63) is 75.2 Å². The smallest absolute Gasteiger partial charge is 0.410 e. The second kappa shape index (κ2) is 17.0. The Morgan fingerprint density at radius 1 is 1.23 bits per heavy atom. The lowest BCUT2D eigenvalue weighted by molar-refractivity contribution is -0.129. The van der Waals surface area contributed by atoms with Crippen molar-refractivity contribution in [2.24, 2.45) is 5.73 Å². The molecule has 1 aliphatic rings. The normalized spacial score (nSPS) is 16.6. The largest absolute Gasteiger partial charge is 0.444 e. The molecule has 1 aliphatic heterocycles. The zero-order chi connectivity index (χ0) is 32.3. The van der Waals surface area contributed by atoms with Crippen LogP contribution >= 0.6 is 27.5 Å². The number of piperazine rings is 1. The number of hydrogen-bond donors (Lipinski definition) is 2. The van der Waals surface area contributed by atoms with Gasteiger partial charge in [-0.05, 0) is 98.3 Å². The molecule has 0 bridgehead atoms. The Morgan fingerprint density at radius 2 is 2.00 bits per heavy atom. The summed E-state index contributed by atoms with van der Waals surface area (Å²) in [7, 11) is 0. The van der Waals surface area contributed by atoms with Gasteiger partial charge in [-0.25, -0.2) is 4.79 Å². The molecule has 2 heterocycles. The third kappa shape index (κ3) is 10.4. The molecular weight excluding hydrogens is 644 g/mol. The Hall–Kier alpha value is -2.82. The van der Waals surface area contributed by atoms with Crippen molar-refractivity contribution < 1.29 is 14.3 Å². The standard InChI is InChI=1S/C33H48BrClN6O3/c1-6-8-10-24-21-26(35)12-13-27(24)30(28-14-11-25(34)22-38-28)41-20-19-40(32(43)44-33(3,4)5)23-29(41)31(42)37-16-9-17-39(7-2)18-15-36/h11-15,18,21-22,29-30H,6-10,16-17,19-20,23,36H2,1-5H3,(H,37,42)/b18-15-/t29-,30?/m1/s1. The number of benzene rings is 1. The van der Waals surface area contributed by atoms with Gasteiger partial charge in [-0.3, -0.25) is 14.7 Å². The first kappa shape index (κ1) is 35.7. The lowest BCUT2D eigenvalue weighted by Crippen LogP contribution is -2.61. The average molecular weight is 692 g/mol. The van der Waals surface area contributed by atoms with Crippen LogP contribution in [-0.4, -0.2) is 82.6 Å². The third-order valence-electron chi connectivity index (χ3n) is 7.56. The number of halogens is 2. The Bertz CT molecular complexity index is 1250. The fraction of sp³-hybridized carbons (Fsp3) is 0.545. The predicted octanol–water partition coefficient (Wildman–Crippen LogP) is 6.11. The molecule has 0 saturated carbocycles. The van der Waals surface area contributed by atoms with Gasteiger partial charge in [-0.15, -0.1) is 0 Å². The number of unbranched alkanes of at least 4 members (excludes halogenated alkanes) is 1. The highest BCUT2D eigenvalue weighted by Gasteiger charge is 2.41. The molecule has 1 aromatic carbocycles. The van der Waals surface area contributed by atoms with Crippen LogP contribution in [0.4, 0.5) is 4.79 Å². The number of carbonyl (C=O) groups is 2. The molecule has 0 spiro atoms. The number of carbonyl (C=O) groups excluding carboxylic acids is 2. The van der Waals surface area contributed by atoms with Gasteiger partial charge in [0.25, 0.3) is 0 Å². The van der Waals surface area contributed by atoms with E-state index in [-0.39, 0.29) is 18.5 Å². The lowest BCUT2D eigenvalue weighted by atomic mass is 9.91. The number of nitrogens with one attached hydrogen (secondary N) is 1. The summed E-state index contributed by atoms with van der Waals surface area (Å²) in [5.41, 5.74) is 7.95. The van der Waals surface area contributed by atoms with Crippen LogP contribution in [0.5, 0.6) is 0 Å². The van der Waals surface area contributed by atoms with Crippen LogP contribution in [-0.2, 0) is 16.0 Å². The van der Waals surface area contributed by atoms with Crippen molar-refractivity contribution in [1.82, 2.24) is 25.0 Å². The molecular formula is C33H48BrClN6O3. The van der Waals surface area contributed by atoms with Crippen LogP contribution in [0.25, 0.3) is 0 Å². The predicted molar refractivity (Wildman–Crippen MR) is 180 cm³/mol. The minimum atomic E-state index is -0.642. The minimum Gasteiger partial charge on any atom is -0.444 e. The quantitative estimate of drug-likeness (QED) is 0.245. The highest BCUT2D eigenvalue weighted by molar-refractivity contribution is 9.10. The minimum absolute atomic E-state index is 0.137. The second-order valence-electron chi connectivity index (χ2n) is 12.0. The zero-order valence-corrected chi connectivity index (χ0v) is 29.0. The summed E-state index contributed by atoms with van der Waals surface area (Å²) in [6.07, 6.45) is 8.40. The van der Waals surface area contributed by atoms with E-state index in [9.17, 15) is 9.59 Å². The van der Waals surface area contributed by atoms with Crippen molar-refractivity contribution in [3.8, 4) is 0 Å². The number of nitrogens with zero attached hydrogens (tertiary/aromatic N) is 4. The molecule has 3 N–H and O–H groups in total. The van der Waals surface area contributed by atoms with E-state index >= 15 is 0 Å². The Balaban J connectivity index is 1.99. The first-order chi connectivity index (χ1) is 21.0. The van der Waals surface area contributed by atoms with E-state index in [1.165, 1.54) is 6.20 Å². The molecule has 1 fully saturated rings. The van der Waals surface area contributed by atoms with Crippen molar-refractivity contribution in [1.29, 1.82) is 0 Å². The van der Waals surface area contributed by atoms with Crippen molar-refractivity contribution in [2.75, 3.05) is 39.3 Å². The zero-order valence-electron chi connectivity index (χ0n) is 26.7. The molecule has 44 heavy (non-hydrogen) atoms. The SMILES string of the molecule is CCCCc1cc(Cl)ccc1C(c1ccc(Br)cn1)N1CCN(C(=O)OC(C)(C)C)C[C@@H]1C(=O)NCCCN(/C=C\N)CC. The molecule has 0 radical (unpaired) electrons. The van der Waals surface area contributed by atoms with Gasteiger partial charge in [0.2, 0.25) is 5.91 Å². The third-order valence-corrected chi connectivity index (χ3v) is 8.27. The molecule has 1 unspecified atom stereocenters. The number of ether oxygens (including phenoxy) is 1. The van der Waals surface area contributed by atoms with Gasteiger partial charge in [0.05, 0.1) is 11.7 Å². The summed E-state index contributed by atoms with van der Waals surface area (Å²) in [6, 6.07) is 8.99. The van der Waals surface area contributed by atoms with Crippen LogP contribution in [0.2, 0.25) is 5.02 Å². The van der Waals surface area contributed by atoms with Crippen LogP contribution < -0.4 is 11.1 Å². The van der Waals surface area contributed by atoms with Gasteiger partial charge in [0.1, 0.15) is 11.6 Å². The van der Waals surface area contributed by atoms with E-state index in [0.29, 0.717) is 24.7 Å². The van der Waals surface area contributed by atoms with Crippen LogP contribution in [0, 0.1) is 0 Å². The number of aromatic nitrogens is 1. The van der Waals surface area contributed by atoms with Gasteiger partial charge in [-0.2, -0.15) is 0 Å². The van der Waals surface area contributed by atoms with Gasteiger partial charge < -0.3 is 25.6 Å². The lowest BCUT2D eigenvalue weighted by Gasteiger charge is -2.44. The summed E-state index contributed by atoms with van der Waals surface area (Å²) in [6.45, 7) is 12.9. The Labute approximate surface area is 276 Å². The number of hydrogen-bond acceptors (Lipinski definition) is 7. The summed E-state index contributed by atoms with van der Waals surface area (Å²) < 4.78 is 6.57. The second-order valence-corrected chi connectivity index (χ2v) is 13.4. The van der Waals surface area contributed by atoms with Gasteiger partial charge in [0, 0.05) is 67.4 Å². The van der Waals surface area contributed by atoms with Crippen molar-refractivity contribution in [2.45, 2.75) is 78.0 Å². The van der Waals surface area contributed by atoms with Crippen LogP contribution in [0.3, 0.4) is 0 Å². The molecule has 2 atom stereocenters. The summed E-state index contributed by atoms with van der Waals surface area (Å²) in [5.74, 6) is -0.137. The van der Waals surface area contributed by atoms with E-state index in [0.717, 1.165) is 60.1 Å². The Kier molecular flexibility index (Phi) is 13.8. The van der Waals surface area contributed by atoms with E-state index in [1.54, 1.807) is 11.1 Å². The van der Waals surface area contributed by atoms with E-state index in [1.807, 2.05) is 51.2 Å². The molecule has 1 aromatic heterocycles. The van der Waals surface area contributed by atoms with Crippen LogP contribution in [0.1, 0.15) is 76.7 Å². The monoisotopic (exact) mass is 690 g/mol. The topological polar surface area (TPSA) is 104 Å². The van der Waals surface area contributed by atoms with Crippen LogP contribution in [0.15, 0.2) is 53.4 Å². The maximum Gasteiger partial charge on any atom is 0.410 e. The van der Waals surface area contributed by atoms with E-state index in [2.05, 4.69) is 51.0 Å². The summed E-state index contributed by atoms with van der Waals surface area (Å²) in [4.78, 5) is 37.9. The molecule has 1 saturated heterocycles. The number of amides is 2. The molecule has 2 aromatic rings. The van der Waals surface area contributed by atoms with Crippen molar-refractivity contribution >= 4 is 39.5 Å². The van der Waals surface area contributed by atoms with Gasteiger partial charge in [0.15, 0.2) is 0 Å². The van der Waals surface area contributed by atoms with E-state index in [4.69, 9.17) is 27.1 Å². The number of aryl methyl sites for hydroxylation is 1. The molecule has 9 nitrogen and oxygen atoms in total. The number of nitrogens with two attached hydrogens (primary N) is 1. The molecule has 11 heteroatoms. The number of pyridine rings is 1. The summed E-state index contributed by atoms with van der Waals surface area (Å²) >= 11 is 10.0. The molecule has 242 valence electrons. The first-order valence-electron chi connectivity index (χ1n) is 15.5. The van der Waals surface area contributed by atoms with Crippen molar-refractivity contribution in [3.63, 3.8) is 0 Å². The average Bonchev–Trinajstić information content (AvgIpc) is 2.98. The maximum atomic E-state index is 14.0. The fourth-order valence-corrected chi connectivity index (χ4v) is 5.81. The molecule has 2 amide bonds. The highest BCUT2D eigenvalue weighted by atomic mass is 79.9. The van der Waals surface area contributed by atoms with Gasteiger partial charge in [-0.1, -0.05) is 31.0 Å². The fourth-order valence-electron chi connectivity index (χ4n) is 5.38. The maximum absolute atomic E-state index is 14.0. The number of rotatable bonds is 13. The Morgan fingerprint density at radius 3 is 2.64 bits per heavy atom. The van der Waals surface area contributed by atoms with Gasteiger partial charge >= 0.3 is 6.09 Å².